The van der Waals surface area contributed by atoms with Gasteiger partial charge in [-0.05, 0) is 12.8 Å². The Morgan fingerprint density at radius 1 is 1.12 bits per heavy atom. The Morgan fingerprint density at radius 3 is 2.19 bits per heavy atom. The van der Waals surface area contributed by atoms with Crippen LogP contribution in [-0.2, 0) is 4.79 Å². The van der Waals surface area contributed by atoms with Crippen molar-refractivity contribution in [1.82, 2.24) is 10.2 Å². The van der Waals surface area contributed by atoms with Gasteiger partial charge in [-0.2, -0.15) is 0 Å². The first kappa shape index (κ1) is 13.4. The van der Waals surface area contributed by atoms with E-state index in [1.807, 2.05) is 4.90 Å². The predicted octanol–water partition coefficient (Wildman–Crippen LogP) is -0.668. The third kappa shape index (κ3) is 4.47. The number of nitrogens with one attached hydrogen (secondary N) is 1. The Labute approximate surface area is 96.4 Å². The minimum absolute atomic E-state index is 0.0637. The van der Waals surface area contributed by atoms with Crippen LogP contribution in [0.2, 0.25) is 0 Å². The fraction of sp³-hybridized carbons (Fsp3) is 0.909. The largest absolute Gasteiger partial charge is 0.395 e. The number of amides is 1. The van der Waals surface area contributed by atoms with Gasteiger partial charge in [-0.3, -0.25) is 4.79 Å². The minimum Gasteiger partial charge on any atom is -0.395 e. The molecule has 1 amide bonds. The Hall–Kier alpha value is -0.650. The summed E-state index contributed by atoms with van der Waals surface area (Å²) in [4.78, 5) is 13.7. The van der Waals surface area contributed by atoms with E-state index in [1.54, 1.807) is 0 Å². The first-order chi connectivity index (χ1) is 7.77. The molecule has 1 saturated heterocycles. The maximum Gasteiger partial charge on any atom is 0.236 e. The maximum absolute atomic E-state index is 11.8. The number of likely N-dealkylation sites (tertiary alicyclic amines) is 1. The summed E-state index contributed by atoms with van der Waals surface area (Å²) in [7, 11) is 0. The highest BCUT2D eigenvalue weighted by molar-refractivity contribution is 5.78. The summed E-state index contributed by atoms with van der Waals surface area (Å²) in [6, 6.07) is -0.393. The van der Waals surface area contributed by atoms with Crippen molar-refractivity contribution in [2.45, 2.75) is 31.7 Å². The second-order valence-corrected chi connectivity index (χ2v) is 4.24. The van der Waals surface area contributed by atoms with Crippen LogP contribution in [0.1, 0.15) is 25.7 Å². The molecule has 3 N–H and O–H groups in total. The molecular formula is C11H22N2O3. The highest BCUT2D eigenvalue weighted by Gasteiger charge is 2.16. The molecule has 94 valence electrons. The lowest BCUT2D eigenvalue weighted by atomic mass is 10.2. The standard InChI is InChI=1S/C11H22N2O3/c14-8-10(9-15)12-7-11(16)13-5-3-1-2-4-6-13/h10,12,14-15H,1-9H2. The number of nitrogens with zero attached hydrogens (tertiary/aromatic N) is 1. The van der Waals surface area contributed by atoms with Crippen LogP contribution in [0.5, 0.6) is 0 Å². The molecule has 0 saturated carbocycles. The molecule has 1 rings (SSSR count). The molecule has 1 aliphatic heterocycles. The molecule has 1 aliphatic rings. The monoisotopic (exact) mass is 230 g/mol. The summed E-state index contributed by atoms with van der Waals surface area (Å²) in [6.07, 6.45) is 4.56. The van der Waals surface area contributed by atoms with Gasteiger partial charge in [0.1, 0.15) is 0 Å². The van der Waals surface area contributed by atoms with Gasteiger partial charge in [0.25, 0.3) is 0 Å². The summed E-state index contributed by atoms with van der Waals surface area (Å²) in [5.74, 6) is 0.0637. The molecule has 5 nitrogen and oxygen atoms in total. The SMILES string of the molecule is O=C(CNC(CO)CO)N1CCCCCC1. The molecule has 1 fully saturated rings. The number of hydrogen-bond acceptors (Lipinski definition) is 4. The minimum atomic E-state index is -0.393. The van der Waals surface area contributed by atoms with E-state index in [0.717, 1.165) is 25.9 Å². The normalized spacial score (nSPS) is 17.6. The van der Waals surface area contributed by atoms with Gasteiger partial charge in [-0.15, -0.1) is 0 Å². The molecule has 0 unspecified atom stereocenters. The number of hydrogen-bond donors (Lipinski definition) is 3. The number of aliphatic hydroxyl groups excluding tert-OH is 2. The van der Waals surface area contributed by atoms with E-state index in [2.05, 4.69) is 5.32 Å². The van der Waals surface area contributed by atoms with Crippen LogP contribution in [0.15, 0.2) is 0 Å². The van der Waals surface area contributed by atoms with Gasteiger partial charge < -0.3 is 20.4 Å². The molecule has 0 spiro atoms. The zero-order valence-electron chi connectivity index (χ0n) is 9.69. The molecule has 5 heteroatoms. The number of aliphatic hydroxyl groups is 2. The lowest BCUT2D eigenvalue weighted by Gasteiger charge is -2.22. The van der Waals surface area contributed by atoms with Crippen LogP contribution in [0.3, 0.4) is 0 Å². The van der Waals surface area contributed by atoms with Gasteiger partial charge >= 0.3 is 0 Å². The van der Waals surface area contributed by atoms with Gasteiger partial charge in [0.15, 0.2) is 0 Å². The number of carbonyl (C=O) groups is 1. The Balaban J connectivity index is 2.27. The van der Waals surface area contributed by atoms with Crippen LogP contribution < -0.4 is 5.32 Å². The molecule has 0 bridgehead atoms. The van der Waals surface area contributed by atoms with E-state index in [4.69, 9.17) is 10.2 Å². The van der Waals surface area contributed by atoms with Gasteiger partial charge in [0, 0.05) is 13.1 Å². The zero-order chi connectivity index (χ0) is 11.8. The second-order valence-electron chi connectivity index (χ2n) is 4.24. The summed E-state index contributed by atoms with van der Waals surface area (Å²) < 4.78 is 0. The molecule has 0 atom stereocenters. The topological polar surface area (TPSA) is 72.8 Å². The van der Waals surface area contributed by atoms with Gasteiger partial charge in [-0.25, -0.2) is 0 Å². The lowest BCUT2D eigenvalue weighted by Crippen LogP contribution is -2.44. The van der Waals surface area contributed by atoms with Crippen molar-refractivity contribution < 1.29 is 15.0 Å². The maximum atomic E-state index is 11.8. The molecular weight excluding hydrogens is 208 g/mol. The van der Waals surface area contributed by atoms with Gasteiger partial charge in [0.05, 0.1) is 25.8 Å². The van der Waals surface area contributed by atoms with Gasteiger partial charge in [-0.1, -0.05) is 12.8 Å². The van der Waals surface area contributed by atoms with E-state index >= 15 is 0 Å². The number of carbonyl (C=O) groups excluding carboxylic acids is 1. The van der Waals surface area contributed by atoms with Crippen LogP contribution in [0, 0.1) is 0 Å². The quantitative estimate of drug-likeness (QED) is 0.586. The van der Waals surface area contributed by atoms with Crippen LogP contribution in [-0.4, -0.2) is 59.9 Å². The highest BCUT2D eigenvalue weighted by atomic mass is 16.3. The van der Waals surface area contributed by atoms with E-state index in [9.17, 15) is 4.79 Å². The molecule has 0 aromatic heterocycles. The van der Waals surface area contributed by atoms with Crippen molar-refractivity contribution in [2.75, 3.05) is 32.8 Å². The second kappa shape index (κ2) is 7.60. The first-order valence-corrected chi connectivity index (χ1v) is 6.00. The van der Waals surface area contributed by atoms with Crippen LogP contribution in [0.4, 0.5) is 0 Å². The summed E-state index contributed by atoms with van der Waals surface area (Å²) in [5, 5.41) is 20.5. The van der Waals surface area contributed by atoms with Crippen molar-refractivity contribution in [3.8, 4) is 0 Å². The fourth-order valence-electron chi connectivity index (χ4n) is 1.85. The average Bonchev–Trinajstić information content (AvgIpc) is 2.58. The highest BCUT2D eigenvalue weighted by Crippen LogP contribution is 2.09. The Morgan fingerprint density at radius 2 is 1.69 bits per heavy atom. The van der Waals surface area contributed by atoms with Crippen LogP contribution in [0.25, 0.3) is 0 Å². The van der Waals surface area contributed by atoms with E-state index in [-0.39, 0.29) is 25.7 Å². The molecule has 0 aromatic rings. The summed E-state index contributed by atoms with van der Waals surface area (Å²) >= 11 is 0. The summed E-state index contributed by atoms with van der Waals surface area (Å²) in [5.41, 5.74) is 0. The van der Waals surface area contributed by atoms with E-state index in [0.29, 0.717) is 0 Å². The smallest absolute Gasteiger partial charge is 0.236 e. The third-order valence-corrected chi connectivity index (χ3v) is 2.94. The van der Waals surface area contributed by atoms with Crippen molar-refractivity contribution in [2.24, 2.45) is 0 Å². The van der Waals surface area contributed by atoms with E-state index < -0.39 is 6.04 Å². The molecule has 0 aliphatic carbocycles. The molecule has 16 heavy (non-hydrogen) atoms. The van der Waals surface area contributed by atoms with E-state index in [1.165, 1.54) is 12.8 Å². The van der Waals surface area contributed by atoms with Crippen molar-refractivity contribution in [1.29, 1.82) is 0 Å². The van der Waals surface area contributed by atoms with Crippen LogP contribution >= 0.6 is 0 Å². The zero-order valence-corrected chi connectivity index (χ0v) is 9.69. The summed E-state index contributed by atoms with van der Waals surface area (Å²) in [6.45, 7) is 1.58. The van der Waals surface area contributed by atoms with Gasteiger partial charge in [0.2, 0.25) is 5.91 Å². The van der Waals surface area contributed by atoms with Crippen molar-refractivity contribution >= 4 is 5.91 Å². The fourth-order valence-corrected chi connectivity index (χ4v) is 1.85. The number of rotatable bonds is 5. The lowest BCUT2D eigenvalue weighted by molar-refractivity contribution is -0.130. The van der Waals surface area contributed by atoms with Crippen molar-refractivity contribution in [3.05, 3.63) is 0 Å². The predicted molar refractivity (Wildman–Crippen MR) is 61.0 cm³/mol. The third-order valence-electron chi connectivity index (χ3n) is 2.94. The first-order valence-electron chi connectivity index (χ1n) is 6.00. The molecule has 0 radical (unpaired) electrons. The molecule has 1 heterocycles. The Kier molecular flexibility index (Phi) is 6.37. The Bertz CT molecular complexity index is 199. The average molecular weight is 230 g/mol. The van der Waals surface area contributed by atoms with Crippen molar-refractivity contribution in [3.63, 3.8) is 0 Å². The molecule has 0 aromatic carbocycles.